The van der Waals surface area contributed by atoms with Gasteiger partial charge in [-0.05, 0) is 67.8 Å². The zero-order valence-electron chi connectivity index (χ0n) is 19.3. The van der Waals surface area contributed by atoms with Gasteiger partial charge in [0.05, 0.1) is 5.52 Å². The molecule has 3 aromatic carbocycles. The summed E-state index contributed by atoms with van der Waals surface area (Å²) in [6, 6.07) is 22.5. The van der Waals surface area contributed by atoms with E-state index >= 15 is 0 Å². The fourth-order valence-corrected chi connectivity index (χ4v) is 4.20. The van der Waals surface area contributed by atoms with Crippen molar-refractivity contribution in [3.63, 3.8) is 0 Å². The summed E-state index contributed by atoms with van der Waals surface area (Å²) in [5.74, 6) is 1.33. The molecule has 0 amide bonds. The molecule has 170 valence electrons. The molecule has 0 spiro atoms. The average Bonchev–Trinajstić information content (AvgIpc) is 3.21. The zero-order valence-corrected chi connectivity index (χ0v) is 19.3. The summed E-state index contributed by atoms with van der Waals surface area (Å²) in [5, 5.41) is 3.17. The third-order valence-electron chi connectivity index (χ3n) is 5.68. The highest BCUT2D eigenvalue weighted by Gasteiger charge is 2.17. The molecule has 0 saturated carbocycles. The number of aryl methyl sites for hydroxylation is 3. The first-order valence-corrected chi connectivity index (χ1v) is 11.2. The minimum Gasteiger partial charge on any atom is -0.436 e. The second kappa shape index (κ2) is 8.98. The van der Waals surface area contributed by atoms with Crippen LogP contribution in [-0.4, -0.2) is 14.5 Å². The lowest BCUT2D eigenvalue weighted by atomic mass is 10.1. The van der Waals surface area contributed by atoms with Crippen molar-refractivity contribution in [1.82, 2.24) is 14.5 Å². The molecule has 0 fully saturated rings. The molecule has 34 heavy (non-hydrogen) atoms. The highest BCUT2D eigenvalue weighted by atomic mass is 19.1. The zero-order chi connectivity index (χ0) is 23.7. The van der Waals surface area contributed by atoms with Crippen LogP contribution in [0.5, 0.6) is 11.6 Å². The summed E-state index contributed by atoms with van der Waals surface area (Å²) in [7, 11) is 0. The number of ether oxygens (including phenoxy) is 1. The van der Waals surface area contributed by atoms with Gasteiger partial charge in [-0.3, -0.25) is 0 Å². The fourth-order valence-electron chi connectivity index (χ4n) is 4.20. The molecule has 2 heterocycles. The Labute approximate surface area is 197 Å². The first-order valence-electron chi connectivity index (χ1n) is 11.2. The Morgan fingerprint density at radius 3 is 2.29 bits per heavy atom. The van der Waals surface area contributed by atoms with Crippen LogP contribution >= 0.6 is 0 Å². The maximum Gasteiger partial charge on any atom is 0.249 e. The third kappa shape index (κ3) is 4.48. The average molecular weight is 453 g/mol. The predicted octanol–water partition coefficient (Wildman–Crippen LogP) is 7.08. The second-order valence-corrected chi connectivity index (χ2v) is 8.48. The van der Waals surface area contributed by atoms with Crippen molar-refractivity contribution >= 4 is 22.7 Å². The van der Waals surface area contributed by atoms with Crippen LogP contribution in [0.4, 0.5) is 16.0 Å². The van der Waals surface area contributed by atoms with Gasteiger partial charge >= 0.3 is 0 Å². The number of hydrogen-bond acceptors (Lipinski definition) is 4. The van der Waals surface area contributed by atoms with Gasteiger partial charge in [-0.2, -0.15) is 4.98 Å². The van der Waals surface area contributed by atoms with Gasteiger partial charge in [-0.1, -0.05) is 48.0 Å². The summed E-state index contributed by atoms with van der Waals surface area (Å²) in [6.07, 6.45) is 2.00. The molecule has 0 unspecified atom stereocenters. The Bertz CT molecular complexity index is 1440. The molecular weight excluding hydrogens is 427 g/mol. The van der Waals surface area contributed by atoms with Crippen molar-refractivity contribution in [3.05, 3.63) is 107 Å². The van der Waals surface area contributed by atoms with Crippen LogP contribution in [0, 0.1) is 26.6 Å². The van der Waals surface area contributed by atoms with Gasteiger partial charge in [-0.15, -0.1) is 0 Å². The smallest absolute Gasteiger partial charge is 0.249 e. The number of halogens is 1. The number of benzene rings is 3. The number of fused-ring (bicyclic) bond motifs is 1. The minimum absolute atomic E-state index is 0.297. The number of hydrogen-bond donors (Lipinski definition) is 1. The van der Waals surface area contributed by atoms with E-state index in [9.17, 15) is 4.39 Å². The summed E-state index contributed by atoms with van der Waals surface area (Å²) in [6.45, 7) is 6.81. The van der Waals surface area contributed by atoms with E-state index in [1.54, 1.807) is 12.1 Å². The van der Waals surface area contributed by atoms with Crippen LogP contribution in [0.1, 0.15) is 22.3 Å². The standard InChI is InChI=1S/C28H25FN4O/c1-18-15-19(2)26(20(3)16-18)34-27-25-24(13-14-33(25)17-21-7-5-4-6-8-21)31-28(32-27)30-23-11-9-22(29)10-12-23/h4-16H,17H2,1-3H3,(H,30,31,32). The monoisotopic (exact) mass is 452 g/mol. The topological polar surface area (TPSA) is 52.0 Å². The van der Waals surface area contributed by atoms with E-state index < -0.39 is 0 Å². The molecule has 0 radical (unpaired) electrons. The minimum atomic E-state index is -0.297. The molecular formula is C28H25FN4O. The van der Waals surface area contributed by atoms with Crippen LogP contribution in [0.3, 0.4) is 0 Å². The number of aromatic nitrogens is 3. The maximum atomic E-state index is 13.3. The summed E-state index contributed by atoms with van der Waals surface area (Å²) < 4.78 is 21.9. The number of anilines is 2. The molecule has 5 rings (SSSR count). The molecule has 2 aromatic heterocycles. The number of nitrogens with one attached hydrogen (secondary N) is 1. The predicted molar refractivity (Wildman–Crippen MR) is 133 cm³/mol. The van der Waals surface area contributed by atoms with Gasteiger partial charge < -0.3 is 14.6 Å². The normalized spacial score (nSPS) is 11.1. The Morgan fingerprint density at radius 1 is 0.882 bits per heavy atom. The van der Waals surface area contributed by atoms with E-state index in [0.717, 1.165) is 27.9 Å². The first-order chi connectivity index (χ1) is 16.5. The lowest BCUT2D eigenvalue weighted by Crippen LogP contribution is -2.04. The molecule has 5 aromatic rings. The van der Waals surface area contributed by atoms with Gasteiger partial charge in [0.25, 0.3) is 0 Å². The van der Waals surface area contributed by atoms with Crippen LogP contribution in [0.25, 0.3) is 11.0 Å². The SMILES string of the molecule is Cc1cc(C)c(Oc2nc(Nc3ccc(F)cc3)nc3ccn(Cc4ccccc4)c23)c(C)c1. The van der Waals surface area contributed by atoms with Crippen LogP contribution in [-0.2, 0) is 6.54 Å². The molecule has 6 heteroatoms. The molecule has 0 aliphatic heterocycles. The summed E-state index contributed by atoms with van der Waals surface area (Å²) in [4.78, 5) is 9.43. The molecule has 0 saturated heterocycles. The fraction of sp³-hybridized carbons (Fsp3) is 0.143. The maximum absolute atomic E-state index is 13.3. The van der Waals surface area contributed by atoms with E-state index in [4.69, 9.17) is 14.7 Å². The molecule has 1 N–H and O–H groups in total. The van der Waals surface area contributed by atoms with Crippen molar-refractivity contribution in [2.45, 2.75) is 27.3 Å². The van der Waals surface area contributed by atoms with Crippen molar-refractivity contribution in [2.24, 2.45) is 0 Å². The van der Waals surface area contributed by atoms with Gasteiger partial charge in [0, 0.05) is 18.4 Å². The summed E-state index contributed by atoms with van der Waals surface area (Å²) >= 11 is 0. The van der Waals surface area contributed by atoms with Crippen molar-refractivity contribution < 1.29 is 9.13 Å². The number of rotatable bonds is 6. The number of nitrogens with zero attached hydrogens (tertiary/aromatic N) is 3. The van der Waals surface area contributed by atoms with Crippen molar-refractivity contribution in [3.8, 4) is 11.6 Å². The Morgan fingerprint density at radius 2 is 1.59 bits per heavy atom. The molecule has 0 aliphatic carbocycles. The lowest BCUT2D eigenvalue weighted by Gasteiger charge is -2.15. The highest BCUT2D eigenvalue weighted by Crippen LogP contribution is 2.34. The van der Waals surface area contributed by atoms with E-state index in [0.29, 0.717) is 24.1 Å². The largest absolute Gasteiger partial charge is 0.436 e. The highest BCUT2D eigenvalue weighted by molar-refractivity contribution is 5.83. The summed E-state index contributed by atoms with van der Waals surface area (Å²) in [5.41, 5.74) is 6.69. The second-order valence-electron chi connectivity index (χ2n) is 8.48. The Balaban J connectivity index is 1.61. The Kier molecular flexibility index (Phi) is 5.72. The van der Waals surface area contributed by atoms with Crippen molar-refractivity contribution in [1.29, 1.82) is 0 Å². The molecule has 0 bridgehead atoms. The van der Waals surface area contributed by atoms with Crippen LogP contribution in [0.2, 0.25) is 0 Å². The molecule has 5 nitrogen and oxygen atoms in total. The Hall–Kier alpha value is -4.19. The van der Waals surface area contributed by atoms with Gasteiger partial charge in [-0.25, -0.2) is 9.37 Å². The van der Waals surface area contributed by atoms with E-state index in [1.165, 1.54) is 23.3 Å². The van der Waals surface area contributed by atoms with E-state index in [1.807, 2.05) is 44.3 Å². The van der Waals surface area contributed by atoms with Crippen LogP contribution < -0.4 is 10.1 Å². The quantitative estimate of drug-likeness (QED) is 0.299. The molecule has 0 aliphatic rings. The van der Waals surface area contributed by atoms with Gasteiger partial charge in [0.1, 0.15) is 17.1 Å². The van der Waals surface area contributed by atoms with E-state index in [2.05, 4.69) is 41.1 Å². The van der Waals surface area contributed by atoms with Crippen molar-refractivity contribution in [2.75, 3.05) is 5.32 Å². The van der Waals surface area contributed by atoms with Crippen LogP contribution in [0.15, 0.2) is 79.0 Å². The van der Waals surface area contributed by atoms with Gasteiger partial charge in [0.2, 0.25) is 11.8 Å². The van der Waals surface area contributed by atoms with Gasteiger partial charge in [0.15, 0.2) is 0 Å². The molecule has 0 atom stereocenters. The first kappa shape index (κ1) is 21.6. The van der Waals surface area contributed by atoms with E-state index in [-0.39, 0.29) is 5.82 Å². The third-order valence-corrected chi connectivity index (χ3v) is 5.68. The lowest BCUT2D eigenvalue weighted by molar-refractivity contribution is 0.459.